The van der Waals surface area contributed by atoms with Gasteiger partial charge in [0.25, 0.3) is 5.91 Å². The number of amides is 3. The van der Waals surface area contributed by atoms with Crippen molar-refractivity contribution in [3.63, 3.8) is 0 Å². The molecule has 1 aliphatic rings. The molecule has 7 heteroatoms. The Bertz CT molecular complexity index is 598. The van der Waals surface area contributed by atoms with Crippen LogP contribution < -0.4 is 16.4 Å². The van der Waals surface area contributed by atoms with Crippen molar-refractivity contribution in [1.82, 2.24) is 10.6 Å². The predicted molar refractivity (Wildman–Crippen MR) is 97.2 cm³/mol. The normalized spacial score (nSPS) is 16.2. The van der Waals surface area contributed by atoms with Gasteiger partial charge in [-0.2, -0.15) is 0 Å². The van der Waals surface area contributed by atoms with Gasteiger partial charge in [-0.3, -0.25) is 4.79 Å². The van der Waals surface area contributed by atoms with Crippen LogP contribution in [0.1, 0.15) is 44.1 Å². The van der Waals surface area contributed by atoms with E-state index < -0.39 is 18.0 Å². The summed E-state index contributed by atoms with van der Waals surface area (Å²) in [4.78, 5) is 35.5. The van der Waals surface area contributed by atoms with E-state index in [1.807, 2.05) is 30.3 Å². The first-order valence-electron chi connectivity index (χ1n) is 9.10. The highest BCUT2D eigenvalue weighted by atomic mass is 16.5. The molecule has 2 rings (SSSR count). The number of benzene rings is 1. The summed E-state index contributed by atoms with van der Waals surface area (Å²) >= 11 is 0. The highest BCUT2D eigenvalue weighted by Gasteiger charge is 2.23. The van der Waals surface area contributed by atoms with Crippen molar-refractivity contribution in [3.05, 3.63) is 35.9 Å². The van der Waals surface area contributed by atoms with Gasteiger partial charge in [-0.05, 0) is 18.4 Å². The van der Waals surface area contributed by atoms with Crippen LogP contribution in [0.15, 0.2) is 30.3 Å². The van der Waals surface area contributed by atoms with Gasteiger partial charge in [-0.15, -0.1) is 0 Å². The first-order valence-corrected chi connectivity index (χ1v) is 9.10. The fourth-order valence-corrected chi connectivity index (χ4v) is 3.15. The number of primary amides is 1. The fraction of sp³-hybridized carbons (Fsp3) is 0.526. The van der Waals surface area contributed by atoms with Crippen LogP contribution in [0.4, 0.5) is 4.79 Å². The molecule has 0 unspecified atom stereocenters. The molecule has 0 heterocycles. The van der Waals surface area contributed by atoms with Gasteiger partial charge in [0.1, 0.15) is 6.04 Å². The predicted octanol–water partition coefficient (Wildman–Crippen LogP) is 1.65. The van der Waals surface area contributed by atoms with Crippen molar-refractivity contribution in [2.24, 2.45) is 5.73 Å². The van der Waals surface area contributed by atoms with Crippen LogP contribution >= 0.6 is 0 Å². The molecular weight excluding hydrogens is 334 g/mol. The van der Waals surface area contributed by atoms with E-state index in [1.54, 1.807) is 0 Å². The zero-order valence-electron chi connectivity index (χ0n) is 14.9. The Labute approximate surface area is 153 Å². The molecule has 7 nitrogen and oxygen atoms in total. The number of hydrogen-bond donors (Lipinski definition) is 3. The molecule has 0 saturated heterocycles. The first-order chi connectivity index (χ1) is 12.5. The fourth-order valence-electron chi connectivity index (χ4n) is 3.15. The lowest BCUT2D eigenvalue weighted by atomic mass is 10.1. The lowest BCUT2D eigenvalue weighted by Crippen LogP contribution is -2.46. The van der Waals surface area contributed by atoms with Crippen LogP contribution in [0, 0.1) is 0 Å². The van der Waals surface area contributed by atoms with E-state index in [1.165, 1.54) is 12.8 Å². The molecule has 0 aromatic heterocycles. The Morgan fingerprint density at radius 3 is 2.35 bits per heavy atom. The smallest absolute Gasteiger partial charge is 0.329 e. The van der Waals surface area contributed by atoms with E-state index in [0.717, 1.165) is 31.2 Å². The molecular formula is C19H27N3O4. The standard InChI is InChI=1S/C19H27N3O4/c20-19(25)22-16(12-14-8-4-3-5-9-14)18(24)26-13-17(23)21-15-10-6-1-2-7-11-15/h3-5,8-9,15-16H,1-2,6-7,10-13H2,(H,21,23)(H3,20,22,25)/t16-/m1/s1. The van der Waals surface area contributed by atoms with Crippen molar-refractivity contribution in [2.45, 2.75) is 57.0 Å². The summed E-state index contributed by atoms with van der Waals surface area (Å²) in [5.74, 6) is -0.994. The molecule has 1 atom stereocenters. The van der Waals surface area contributed by atoms with Gasteiger partial charge in [0, 0.05) is 12.5 Å². The molecule has 142 valence electrons. The summed E-state index contributed by atoms with van der Waals surface area (Å²) in [5.41, 5.74) is 5.99. The maximum absolute atomic E-state index is 12.3. The number of esters is 1. The maximum Gasteiger partial charge on any atom is 0.329 e. The van der Waals surface area contributed by atoms with E-state index in [4.69, 9.17) is 10.5 Å². The zero-order chi connectivity index (χ0) is 18.8. The van der Waals surface area contributed by atoms with Crippen molar-refractivity contribution in [2.75, 3.05) is 6.61 Å². The molecule has 26 heavy (non-hydrogen) atoms. The third-order valence-corrected chi connectivity index (χ3v) is 4.45. The molecule has 0 bridgehead atoms. The Hall–Kier alpha value is -2.57. The first kappa shape index (κ1) is 19.8. The number of nitrogens with two attached hydrogens (primary N) is 1. The summed E-state index contributed by atoms with van der Waals surface area (Å²) in [7, 11) is 0. The number of hydrogen-bond acceptors (Lipinski definition) is 4. The molecule has 4 N–H and O–H groups in total. The second kappa shape index (κ2) is 10.4. The van der Waals surface area contributed by atoms with Gasteiger partial charge in [0.15, 0.2) is 6.61 Å². The number of carbonyl (C=O) groups excluding carboxylic acids is 3. The van der Waals surface area contributed by atoms with E-state index in [9.17, 15) is 14.4 Å². The number of rotatable bonds is 7. The third-order valence-electron chi connectivity index (χ3n) is 4.45. The number of carbonyl (C=O) groups is 3. The van der Waals surface area contributed by atoms with E-state index in [-0.39, 0.29) is 25.0 Å². The summed E-state index contributed by atoms with van der Waals surface area (Å²) in [6, 6.07) is 7.60. The van der Waals surface area contributed by atoms with Crippen LogP contribution in [-0.2, 0) is 20.7 Å². The summed E-state index contributed by atoms with van der Waals surface area (Å²) in [6.07, 6.45) is 6.76. The Morgan fingerprint density at radius 2 is 1.73 bits per heavy atom. The summed E-state index contributed by atoms with van der Waals surface area (Å²) in [5, 5.41) is 5.29. The van der Waals surface area contributed by atoms with Crippen molar-refractivity contribution < 1.29 is 19.1 Å². The van der Waals surface area contributed by atoms with Gasteiger partial charge in [-0.25, -0.2) is 9.59 Å². The second-order valence-corrected chi connectivity index (χ2v) is 6.61. The number of ether oxygens (including phenoxy) is 1. The van der Waals surface area contributed by atoms with E-state index in [2.05, 4.69) is 10.6 Å². The van der Waals surface area contributed by atoms with Gasteiger partial charge in [-0.1, -0.05) is 56.0 Å². The Morgan fingerprint density at radius 1 is 1.08 bits per heavy atom. The molecule has 1 aromatic carbocycles. The Balaban J connectivity index is 1.83. The molecule has 1 fully saturated rings. The lowest BCUT2D eigenvalue weighted by Gasteiger charge is -2.18. The van der Waals surface area contributed by atoms with Crippen LogP contribution in [0.25, 0.3) is 0 Å². The molecule has 0 spiro atoms. The largest absolute Gasteiger partial charge is 0.454 e. The topological polar surface area (TPSA) is 111 Å². The number of urea groups is 1. The molecule has 1 aromatic rings. The highest BCUT2D eigenvalue weighted by Crippen LogP contribution is 2.17. The minimum Gasteiger partial charge on any atom is -0.454 e. The Kier molecular flexibility index (Phi) is 7.92. The lowest BCUT2D eigenvalue weighted by molar-refractivity contribution is -0.150. The van der Waals surface area contributed by atoms with Gasteiger partial charge in [0.2, 0.25) is 0 Å². The molecule has 3 amide bonds. The average Bonchev–Trinajstić information content (AvgIpc) is 2.88. The van der Waals surface area contributed by atoms with E-state index in [0.29, 0.717) is 0 Å². The minimum absolute atomic E-state index is 0.146. The van der Waals surface area contributed by atoms with Gasteiger partial charge >= 0.3 is 12.0 Å². The summed E-state index contributed by atoms with van der Waals surface area (Å²) < 4.78 is 5.09. The SMILES string of the molecule is NC(=O)N[C@H](Cc1ccccc1)C(=O)OCC(=O)NC1CCCCCC1. The van der Waals surface area contributed by atoms with Gasteiger partial charge in [0.05, 0.1) is 0 Å². The molecule has 1 aliphatic carbocycles. The van der Waals surface area contributed by atoms with Crippen molar-refractivity contribution in [1.29, 1.82) is 0 Å². The van der Waals surface area contributed by atoms with E-state index >= 15 is 0 Å². The monoisotopic (exact) mass is 361 g/mol. The average molecular weight is 361 g/mol. The zero-order valence-corrected chi connectivity index (χ0v) is 14.9. The number of nitrogens with one attached hydrogen (secondary N) is 2. The van der Waals surface area contributed by atoms with Crippen molar-refractivity contribution >= 4 is 17.9 Å². The molecule has 0 radical (unpaired) electrons. The summed E-state index contributed by atoms with van der Waals surface area (Å²) in [6.45, 7) is -0.360. The van der Waals surface area contributed by atoms with Crippen LogP contribution in [0.5, 0.6) is 0 Å². The van der Waals surface area contributed by atoms with Crippen molar-refractivity contribution in [3.8, 4) is 0 Å². The molecule has 0 aliphatic heterocycles. The van der Waals surface area contributed by atoms with Crippen LogP contribution in [0.3, 0.4) is 0 Å². The highest BCUT2D eigenvalue weighted by molar-refractivity contribution is 5.85. The quantitative estimate of drug-likeness (QED) is 0.506. The van der Waals surface area contributed by atoms with Crippen LogP contribution in [0.2, 0.25) is 0 Å². The van der Waals surface area contributed by atoms with Crippen LogP contribution in [-0.4, -0.2) is 36.6 Å². The maximum atomic E-state index is 12.3. The third kappa shape index (κ3) is 7.13. The molecule has 1 saturated carbocycles. The van der Waals surface area contributed by atoms with Gasteiger partial charge < -0.3 is 21.1 Å². The minimum atomic E-state index is -0.930. The second-order valence-electron chi connectivity index (χ2n) is 6.61.